The molecule has 0 radical (unpaired) electrons. The second-order valence-corrected chi connectivity index (χ2v) is 44.6. The molecule has 0 aliphatic heterocycles. The first-order valence-electron chi connectivity index (χ1n) is 49.5. The number of esters is 6. The first-order chi connectivity index (χ1) is 54.1. The van der Waals surface area contributed by atoms with Crippen molar-refractivity contribution in [2.24, 2.45) is 96.1 Å². The zero-order valence-electron chi connectivity index (χ0n) is 84.3. The fourth-order valence-corrected chi connectivity index (χ4v) is 21.6. The van der Waals surface area contributed by atoms with Crippen LogP contribution in [0.2, 0.25) is 0 Å². The van der Waals surface area contributed by atoms with Crippen LogP contribution < -0.4 is 0 Å². The van der Waals surface area contributed by atoms with Gasteiger partial charge in [-0.1, -0.05) is 196 Å². The Kier molecular flexibility index (Phi) is 43.4. The molecule has 4 bridgehead atoms. The monoisotopic (exact) mass is 1650 g/mol. The van der Waals surface area contributed by atoms with Crippen LogP contribution in [0.15, 0.2) is 0 Å². The smallest absolute Gasteiger partial charge is 0.312 e. The molecule has 0 saturated heterocycles. The molecule has 8 saturated carbocycles. The third-order valence-electron chi connectivity index (χ3n) is 34.2. The van der Waals surface area contributed by atoms with Crippen molar-refractivity contribution in [2.45, 2.75) is 540 Å². The number of hydrogen-bond donors (Lipinski definition) is 0. The van der Waals surface area contributed by atoms with E-state index in [-0.39, 0.29) is 102 Å². The zero-order valence-corrected chi connectivity index (χ0v) is 84.3. The lowest BCUT2D eigenvalue weighted by Crippen LogP contribution is -2.59. The summed E-state index contributed by atoms with van der Waals surface area (Å²) < 4.78 is 36.6. The molecule has 8 rings (SSSR count). The summed E-state index contributed by atoms with van der Waals surface area (Å²) in [5.41, 5.74) is -3.31. The third kappa shape index (κ3) is 27.9. The van der Waals surface area contributed by atoms with Crippen LogP contribution in [0.5, 0.6) is 0 Å². The van der Waals surface area contributed by atoms with Gasteiger partial charge in [0.1, 0.15) is 33.6 Å². The molecule has 0 aromatic heterocycles. The van der Waals surface area contributed by atoms with Crippen LogP contribution in [0, 0.1) is 96.1 Å². The zero-order chi connectivity index (χ0) is 90.1. The van der Waals surface area contributed by atoms with Crippen molar-refractivity contribution in [1.29, 1.82) is 0 Å². The highest BCUT2D eigenvalue weighted by Gasteiger charge is 2.64. The van der Waals surface area contributed by atoms with E-state index in [9.17, 15) is 28.8 Å². The quantitative estimate of drug-likeness (QED) is 0.0437. The van der Waals surface area contributed by atoms with E-state index in [4.69, 9.17) is 28.4 Å². The largest absolute Gasteiger partial charge is 0.459 e. The Bertz CT molecular complexity index is 2860. The van der Waals surface area contributed by atoms with Crippen LogP contribution in [0.4, 0.5) is 0 Å². The Hall–Kier alpha value is -3.18. The maximum absolute atomic E-state index is 12.9. The van der Waals surface area contributed by atoms with Gasteiger partial charge in [0.2, 0.25) is 0 Å². The molecule has 0 N–H and O–H groups in total. The van der Waals surface area contributed by atoms with Gasteiger partial charge in [0.25, 0.3) is 0 Å². The van der Waals surface area contributed by atoms with Gasteiger partial charge < -0.3 is 28.4 Å². The van der Waals surface area contributed by atoms with Gasteiger partial charge in [-0.2, -0.15) is 0 Å². The number of carbonyl (C=O) groups excluding carboxylic acids is 6. The van der Waals surface area contributed by atoms with E-state index in [2.05, 4.69) is 152 Å². The van der Waals surface area contributed by atoms with Crippen LogP contribution in [0.3, 0.4) is 0 Å². The first-order valence-corrected chi connectivity index (χ1v) is 49.5. The van der Waals surface area contributed by atoms with E-state index >= 15 is 0 Å². The predicted octanol–water partition coefficient (Wildman–Crippen LogP) is 30.8. The van der Waals surface area contributed by atoms with Crippen LogP contribution in [-0.4, -0.2) is 69.4 Å². The molecule has 117 heavy (non-hydrogen) atoms. The second-order valence-electron chi connectivity index (χ2n) is 44.6. The lowest BCUT2D eigenvalue weighted by Gasteiger charge is -2.62. The maximum Gasteiger partial charge on any atom is 0.312 e. The first kappa shape index (κ1) is 110. The molecule has 12 nitrogen and oxygen atoms in total. The van der Waals surface area contributed by atoms with Gasteiger partial charge in [-0.05, 0) is 351 Å². The molecule has 0 aromatic carbocycles. The number of carbonyl (C=O) groups is 6. The lowest BCUT2D eigenvalue weighted by molar-refractivity contribution is -0.215. The molecule has 0 spiro atoms. The predicted molar refractivity (Wildman–Crippen MR) is 492 cm³/mol. The van der Waals surface area contributed by atoms with Crippen LogP contribution in [0.25, 0.3) is 0 Å². The van der Waals surface area contributed by atoms with Crippen molar-refractivity contribution in [3.05, 3.63) is 0 Å². The summed E-state index contributed by atoms with van der Waals surface area (Å²) in [6, 6.07) is 0. The van der Waals surface area contributed by atoms with Crippen LogP contribution in [0.1, 0.15) is 506 Å². The summed E-state index contributed by atoms with van der Waals surface area (Å²) in [6.45, 7) is 75.4. The van der Waals surface area contributed by atoms with Crippen molar-refractivity contribution < 1.29 is 57.2 Å². The van der Waals surface area contributed by atoms with Gasteiger partial charge in [0, 0.05) is 22.2 Å². The summed E-state index contributed by atoms with van der Waals surface area (Å²) in [5, 5.41) is 0. The highest BCUT2D eigenvalue weighted by atomic mass is 16.6. The van der Waals surface area contributed by atoms with Crippen molar-refractivity contribution in [1.82, 2.24) is 0 Å². The SMILES string of the molecule is CCC(C)(C)C(=O)OC(C)(CC)C(C(C)C)C(C)C.CCC(C)(C)C(=O)OC(C)(CC)C(CC)(CC)CC.CCC(C)(C)C(=O)OC(C)(CC)C1(C)CCCCC1.CCC(C)(C)C(=O)OC(C)(CC)C1CCCCC1.CCC(C)(C)C(=O)OC(CC)(CC)C1CCCCC1.CCC(C)(C)C(=O)OC1(C23CC4CC(CC(C4)C2)C3)CCCC1. The standard InChI is InChI=1S/C21H34O2.2C17H32O2.2C17H34O2.C16H30O2/c1-4-19(2,3)18(22)23-21(7-5-6-8-21)20-12-15-9-16(13-20)11-17(10-15)14-20;1-7-15(3,4)14(18)19-17(6,8-2)16(5)12-10-9-11-13-16;1-6-16(4,5)15(18)19-17(7-2,8-3)14-12-10-9-11-13-14;1-10-16(7,8)15(18)19-17(9,11-2)14(12(3)4)13(5)6;1-9-15(6,7)14(18)19-16(8,10-2)17(11-3,12-4)13-5;1-6-15(3,4)14(17)18-16(5,7-2)13-11-9-8-10-12-13/h15-17H,4-14H2,1-3H3;7-13H2,1-6H3;14H,6-13H2,1-5H3;12-14H,10-11H2,1-9H3;9-13H2,1-8H3;13H,6-12H2,1-5H3. The van der Waals surface area contributed by atoms with Crippen molar-refractivity contribution in [3.63, 3.8) is 0 Å². The number of ether oxygens (including phenoxy) is 6. The molecule has 4 atom stereocenters. The van der Waals surface area contributed by atoms with Crippen LogP contribution >= 0.6 is 0 Å². The minimum absolute atomic E-state index is 0.00993. The normalized spacial score (nSPS) is 23.3. The van der Waals surface area contributed by atoms with E-state index in [1.54, 1.807) is 0 Å². The summed E-state index contributed by atoms with van der Waals surface area (Å²) >= 11 is 0. The summed E-state index contributed by atoms with van der Waals surface area (Å²) in [5.74, 6) is 5.15. The average Bonchev–Trinajstić information content (AvgIpc) is 1.70. The van der Waals surface area contributed by atoms with Crippen LogP contribution in [-0.2, 0) is 57.2 Å². The molecule has 0 amide bonds. The van der Waals surface area contributed by atoms with Gasteiger partial charge in [-0.15, -0.1) is 0 Å². The molecule has 8 fully saturated rings. The van der Waals surface area contributed by atoms with Crippen molar-refractivity contribution >= 4 is 35.8 Å². The van der Waals surface area contributed by atoms with E-state index in [0.717, 1.165) is 127 Å². The van der Waals surface area contributed by atoms with Crippen molar-refractivity contribution in [3.8, 4) is 0 Å². The highest BCUT2D eigenvalue weighted by Crippen LogP contribution is 2.68. The summed E-state index contributed by atoms with van der Waals surface area (Å²) in [6.07, 6.45) is 45.6. The molecule has 12 heteroatoms. The highest BCUT2D eigenvalue weighted by molar-refractivity contribution is 5.79. The van der Waals surface area contributed by atoms with E-state index in [1.807, 2.05) is 96.9 Å². The lowest BCUT2D eigenvalue weighted by atomic mass is 9.45. The second kappa shape index (κ2) is 46.2. The summed E-state index contributed by atoms with van der Waals surface area (Å²) in [7, 11) is 0. The topological polar surface area (TPSA) is 158 Å². The minimum Gasteiger partial charge on any atom is -0.459 e. The third-order valence-corrected chi connectivity index (χ3v) is 34.2. The van der Waals surface area contributed by atoms with Crippen molar-refractivity contribution in [2.75, 3.05) is 0 Å². The molecule has 8 aliphatic rings. The number of rotatable bonds is 35. The van der Waals surface area contributed by atoms with E-state index in [1.165, 1.54) is 148 Å². The van der Waals surface area contributed by atoms with Gasteiger partial charge in [0.15, 0.2) is 0 Å². The molecule has 688 valence electrons. The molecule has 4 unspecified atom stereocenters. The minimum atomic E-state index is -0.394. The molecule has 0 heterocycles. The van der Waals surface area contributed by atoms with E-state index < -0.39 is 10.8 Å². The number of hydrogen-bond acceptors (Lipinski definition) is 12. The Morgan fingerprint density at radius 3 is 0.974 bits per heavy atom. The van der Waals surface area contributed by atoms with Gasteiger partial charge in [0.05, 0.1) is 32.5 Å². The van der Waals surface area contributed by atoms with Gasteiger partial charge in [-0.25, -0.2) is 0 Å². The molecule has 8 aliphatic carbocycles. The Balaban J connectivity index is 0.000000477. The maximum atomic E-state index is 12.9. The average molecular weight is 1650 g/mol. The Labute approximate surface area is 724 Å². The molecular formula is C105H196O12. The van der Waals surface area contributed by atoms with Gasteiger partial charge >= 0.3 is 35.8 Å². The molecule has 0 aromatic rings. The Morgan fingerprint density at radius 2 is 0.650 bits per heavy atom. The summed E-state index contributed by atoms with van der Waals surface area (Å²) in [4.78, 5) is 74.9. The van der Waals surface area contributed by atoms with Gasteiger partial charge in [-0.3, -0.25) is 28.8 Å². The Morgan fingerprint density at radius 1 is 0.325 bits per heavy atom. The fraction of sp³-hybridized carbons (Fsp3) is 0.943. The van der Waals surface area contributed by atoms with E-state index in [0.29, 0.717) is 35.0 Å². The fourth-order valence-electron chi connectivity index (χ4n) is 21.6. The molecular weight excluding hydrogens is 1450 g/mol.